The number of benzene rings is 2. The maximum absolute atomic E-state index is 13.1. The third-order valence-electron chi connectivity index (χ3n) is 5.02. The van der Waals surface area contributed by atoms with Crippen molar-refractivity contribution in [2.24, 2.45) is 0 Å². The fraction of sp³-hybridized carbons (Fsp3) is 0.350. The van der Waals surface area contributed by atoms with Crippen LogP contribution in [0.4, 0.5) is 26.3 Å². The predicted octanol–water partition coefficient (Wildman–Crippen LogP) is 4.18. The molecular weight excluding hydrogens is 462 g/mol. The van der Waals surface area contributed by atoms with Crippen LogP contribution in [0.2, 0.25) is 0 Å². The predicted molar refractivity (Wildman–Crippen MR) is 102 cm³/mol. The van der Waals surface area contributed by atoms with Gasteiger partial charge < -0.3 is 4.90 Å². The van der Waals surface area contributed by atoms with E-state index in [1.807, 2.05) is 6.92 Å². The molecule has 174 valence electrons. The molecule has 1 aliphatic heterocycles. The van der Waals surface area contributed by atoms with Crippen LogP contribution >= 0.6 is 0 Å². The van der Waals surface area contributed by atoms with Gasteiger partial charge in [0.05, 0.1) is 16.0 Å². The number of carbonyl (C=O) groups excluding carboxylic acids is 1. The lowest BCUT2D eigenvalue weighted by atomic mass is 10.1. The molecule has 32 heavy (non-hydrogen) atoms. The van der Waals surface area contributed by atoms with E-state index in [4.69, 9.17) is 0 Å². The van der Waals surface area contributed by atoms with Crippen molar-refractivity contribution < 1.29 is 39.6 Å². The van der Waals surface area contributed by atoms with E-state index in [2.05, 4.69) is 0 Å². The molecule has 0 spiro atoms. The molecule has 0 unspecified atom stereocenters. The summed E-state index contributed by atoms with van der Waals surface area (Å²) in [5, 5.41) is 0. The van der Waals surface area contributed by atoms with E-state index < -0.39 is 38.4 Å². The van der Waals surface area contributed by atoms with Crippen molar-refractivity contribution in [1.82, 2.24) is 9.21 Å². The first-order valence-corrected chi connectivity index (χ1v) is 10.8. The van der Waals surface area contributed by atoms with Crippen molar-refractivity contribution in [1.29, 1.82) is 0 Å². The summed E-state index contributed by atoms with van der Waals surface area (Å²) in [5.41, 5.74) is -2.09. The zero-order valence-electron chi connectivity index (χ0n) is 16.7. The van der Waals surface area contributed by atoms with Gasteiger partial charge in [-0.1, -0.05) is 17.7 Å². The molecule has 0 N–H and O–H groups in total. The monoisotopic (exact) mass is 480 g/mol. The largest absolute Gasteiger partial charge is 0.416 e. The Morgan fingerprint density at radius 1 is 0.812 bits per heavy atom. The molecule has 1 saturated heterocycles. The summed E-state index contributed by atoms with van der Waals surface area (Å²) >= 11 is 0. The van der Waals surface area contributed by atoms with Crippen LogP contribution < -0.4 is 0 Å². The average molecular weight is 480 g/mol. The van der Waals surface area contributed by atoms with E-state index in [0.29, 0.717) is 5.56 Å². The number of sulfonamides is 1. The molecule has 0 atom stereocenters. The second-order valence-electron chi connectivity index (χ2n) is 7.30. The molecule has 0 radical (unpaired) electrons. The molecule has 1 amide bonds. The van der Waals surface area contributed by atoms with Gasteiger partial charge >= 0.3 is 12.4 Å². The van der Waals surface area contributed by atoms with Gasteiger partial charge in [-0.15, -0.1) is 0 Å². The smallest absolute Gasteiger partial charge is 0.336 e. The van der Waals surface area contributed by atoms with Crippen LogP contribution in [0.1, 0.15) is 27.0 Å². The van der Waals surface area contributed by atoms with Gasteiger partial charge in [0, 0.05) is 31.7 Å². The van der Waals surface area contributed by atoms with E-state index in [1.54, 1.807) is 24.3 Å². The molecule has 0 aromatic heterocycles. The molecule has 1 fully saturated rings. The van der Waals surface area contributed by atoms with Crippen LogP contribution in [0.5, 0.6) is 0 Å². The zero-order chi connectivity index (χ0) is 23.9. The van der Waals surface area contributed by atoms with Crippen LogP contribution in [0.25, 0.3) is 0 Å². The number of hydrogen-bond acceptors (Lipinski definition) is 3. The Kier molecular flexibility index (Phi) is 6.31. The van der Waals surface area contributed by atoms with Gasteiger partial charge in [0.15, 0.2) is 0 Å². The molecule has 12 heteroatoms. The van der Waals surface area contributed by atoms with Gasteiger partial charge in [0.2, 0.25) is 10.0 Å². The Labute approximate surface area is 180 Å². The Balaban J connectivity index is 1.83. The van der Waals surface area contributed by atoms with Crippen LogP contribution in [0.3, 0.4) is 0 Å². The summed E-state index contributed by atoms with van der Waals surface area (Å²) < 4.78 is 105. The minimum absolute atomic E-state index is 0.0585. The highest BCUT2D eigenvalue weighted by Gasteiger charge is 2.39. The molecule has 3 rings (SSSR count). The first kappa shape index (κ1) is 24.1. The van der Waals surface area contributed by atoms with Crippen molar-refractivity contribution in [3.05, 3.63) is 64.7 Å². The van der Waals surface area contributed by atoms with Crippen LogP contribution in [0.15, 0.2) is 47.4 Å². The summed E-state index contributed by atoms with van der Waals surface area (Å²) in [6, 6.07) is 6.95. The molecule has 5 nitrogen and oxygen atoms in total. The summed E-state index contributed by atoms with van der Waals surface area (Å²) in [4.78, 5) is 12.8. The highest BCUT2D eigenvalue weighted by molar-refractivity contribution is 7.89. The lowest BCUT2D eigenvalue weighted by Gasteiger charge is -2.34. The molecule has 1 aliphatic rings. The average Bonchev–Trinajstić information content (AvgIpc) is 2.72. The number of carbonyl (C=O) groups is 1. The standard InChI is InChI=1S/C20H18F6N2O3S/c1-13-2-4-14(5-3-13)18(29)27-6-8-28(9-7-27)32(30,31)17-11-15(19(21,22)23)10-16(12-17)20(24,25)26/h2-5,10-12H,6-9H2,1H3. The minimum atomic E-state index is -5.16. The van der Waals surface area contributed by atoms with Gasteiger partial charge in [-0.2, -0.15) is 30.6 Å². The SMILES string of the molecule is Cc1ccc(C(=O)N2CCN(S(=O)(=O)c3cc(C(F)(F)F)cc(C(F)(F)F)c3)CC2)cc1. The number of alkyl halides is 6. The highest BCUT2D eigenvalue weighted by Crippen LogP contribution is 2.37. The third-order valence-corrected chi connectivity index (χ3v) is 6.90. The Hall–Kier alpha value is -2.60. The van der Waals surface area contributed by atoms with E-state index in [0.717, 1.165) is 9.87 Å². The molecule has 2 aromatic carbocycles. The fourth-order valence-electron chi connectivity index (χ4n) is 3.23. The molecule has 0 bridgehead atoms. The van der Waals surface area contributed by atoms with Crippen molar-refractivity contribution in [3.8, 4) is 0 Å². The summed E-state index contributed by atoms with van der Waals surface area (Å²) in [6.45, 7) is 1.19. The molecule has 2 aromatic rings. The van der Waals surface area contributed by atoms with Crippen molar-refractivity contribution >= 4 is 15.9 Å². The van der Waals surface area contributed by atoms with Gasteiger partial charge in [-0.25, -0.2) is 8.42 Å². The third kappa shape index (κ3) is 5.07. The second kappa shape index (κ2) is 8.39. The topological polar surface area (TPSA) is 57.7 Å². The maximum atomic E-state index is 13.1. The van der Waals surface area contributed by atoms with Crippen molar-refractivity contribution in [2.75, 3.05) is 26.2 Å². The lowest BCUT2D eigenvalue weighted by molar-refractivity contribution is -0.143. The summed E-state index contributed by atoms with van der Waals surface area (Å²) in [6.07, 6.45) is -10.3. The quantitative estimate of drug-likeness (QED) is 0.620. The molecular formula is C20H18F6N2O3S. The zero-order valence-corrected chi connectivity index (χ0v) is 17.5. The maximum Gasteiger partial charge on any atom is 0.416 e. The molecule has 0 saturated carbocycles. The summed E-state index contributed by atoms with van der Waals surface area (Å²) in [5.74, 6) is -0.347. The molecule has 1 heterocycles. The number of halogens is 6. The van der Waals surface area contributed by atoms with E-state index in [-0.39, 0.29) is 50.3 Å². The first-order valence-electron chi connectivity index (χ1n) is 9.35. The van der Waals surface area contributed by atoms with Gasteiger partial charge in [0.1, 0.15) is 0 Å². The highest BCUT2D eigenvalue weighted by atomic mass is 32.2. The number of aryl methyl sites for hydroxylation is 1. The minimum Gasteiger partial charge on any atom is -0.336 e. The van der Waals surface area contributed by atoms with E-state index >= 15 is 0 Å². The number of amides is 1. The number of piperazine rings is 1. The normalized spacial score (nSPS) is 16.3. The van der Waals surface area contributed by atoms with E-state index in [9.17, 15) is 39.6 Å². The number of hydrogen-bond donors (Lipinski definition) is 0. The van der Waals surface area contributed by atoms with Gasteiger partial charge in [0.25, 0.3) is 5.91 Å². The van der Waals surface area contributed by atoms with E-state index in [1.165, 1.54) is 4.90 Å². The lowest BCUT2D eigenvalue weighted by Crippen LogP contribution is -2.50. The second-order valence-corrected chi connectivity index (χ2v) is 9.24. The van der Waals surface area contributed by atoms with Crippen LogP contribution in [-0.2, 0) is 22.4 Å². The number of rotatable bonds is 3. The van der Waals surface area contributed by atoms with Gasteiger partial charge in [-0.3, -0.25) is 4.79 Å². The Morgan fingerprint density at radius 3 is 1.72 bits per heavy atom. The van der Waals surface area contributed by atoms with Crippen LogP contribution in [-0.4, -0.2) is 49.7 Å². The van der Waals surface area contributed by atoms with Gasteiger partial charge in [-0.05, 0) is 37.3 Å². The van der Waals surface area contributed by atoms with Crippen molar-refractivity contribution in [3.63, 3.8) is 0 Å². The number of nitrogens with zero attached hydrogens (tertiary/aromatic N) is 2. The Bertz CT molecular complexity index is 1070. The summed E-state index contributed by atoms with van der Waals surface area (Å²) in [7, 11) is -4.65. The first-order chi connectivity index (χ1) is 14.7. The van der Waals surface area contributed by atoms with Crippen LogP contribution in [0, 0.1) is 6.92 Å². The Morgan fingerprint density at radius 2 is 1.28 bits per heavy atom. The fourth-order valence-corrected chi connectivity index (χ4v) is 4.73. The molecule has 0 aliphatic carbocycles. The van der Waals surface area contributed by atoms with Crippen molar-refractivity contribution in [2.45, 2.75) is 24.2 Å².